The molecule has 22 heavy (non-hydrogen) atoms. The van der Waals surface area contributed by atoms with Gasteiger partial charge in [0.25, 0.3) is 5.91 Å². The summed E-state index contributed by atoms with van der Waals surface area (Å²) in [4.78, 5) is 11.9. The van der Waals surface area contributed by atoms with E-state index in [2.05, 4.69) is 10.5 Å². The maximum atomic E-state index is 12.8. The Balaban J connectivity index is 1.76. The molecule has 1 amide bonds. The SMILES string of the molecule is Cn1cc(C=NNC(=O)c2ccc(F)cc2)c2ccccc21. The summed E-state index contributed by atoms with van der Waals surface area (Å²) in [7, 11) is 1.96. The quantitative estimate of drug-likeness (QED) is 0.586. The number of halogens is 1. The van der Waals surface area contributed by atoms with Crippen LogP contribution in [0.25, 0.3) is 10.9 Å². The molecule has 5 heteroatoms. The summed E-state index contributed by atoms with van der Waals surface area (Å²) in [5.74, 6) is -0.757. The van der Waals surface area contributed by atoms with Crippen LogP contribution in [0.1, 0.15) is 15.9 Å². The molecule has 110 valence electrons. The van der Waals surface area contributed by atoms with E-state index in [1.54, 1.807) is 6.21 Å². The average Bonchev–Trinajstić information content (AvgIpc) is 2.85. The minimum atomic E-state index is -0.379. The van der Waals surface area contributed by atoms with E-state index in [1.165, 1.54) is 24.3 Å². The molecule has 1 heterocycles. The normalized spacial score (nSPS) is 11.2. The van der Waals surface area contributed by atoms with Crippen molar-refractivity contribution in [3.63, 3.8) is 0 Å². The smallest absolute Gasteiger partial charge is 0.271 e. The summed E-state index contributed by atoms with van der Waals surface area (Å²) in [6.45, 7) is 0. The van der Waals surface area contributed by atoms with Gasteiger partial charge in [-0.3, -0.25) is 4.79 Å². The number of nitrogens with one attached hydrogen (secondary N) is 1. The molecule has 0 unspecified atom stereocenters. The lowest BCUT2D eigenvalue weighted by Crippen LogP contribution is -2.17. The van der Waals surface area contributed by atoms with Gasteiger partial charge < -0.3 is 4.57 Å². The summed E-state index contributed by atoms with van der Waals surface area (Å²) >= 11 is 0. The summed E-state index contributed by atoms with van der Waals surface area (Å²) in [6.07, 6.45) is 3.54. The fourth-order valence-corrected chi connectivity index (χ4v) is 2.30. The van der Waals surface area contributed by atoms with Gasteiger partial charge in [0.05, 0.1) is 6.21 Å². The Hall–Kier alpha value is -2.95. The maximum absolute atomic E-state index is 12.8. The van der Waals surface area contributed by atoms with Crippen molar-refractivity contribution >= 4 is 23.0 Å². The number of hydrazone groups is 1. The number of aryl methyl sites for hydroxylation is 1. The lowest BCUT2D eigenvalue weighted by Gasteiger charge is -1.99. The molecule has 0 fully saturated rings. The molecular formula is C17H14FN3O. The lowest BCUT2D eigenvalue weighted by atomic mass is 10.2. The monoisotopic (exact) mass is 295 g/mol. The first-order chi connectivity index (χ1) is 10.6. The molecule has 0 aliphatic carbocycles. The largest absolute Gasteiger partial charge is 0.350 e. The predicted octanol–water partition coefficient (Wildman–Crippen LogP) is 3.08. The van der Waals surface area contributed by atoms with Gasteiger partial charge in [-0.25, -0.2) is 9.82 Å². The van der Waals surface area contributed by atoms with Crippen molar-refractivity contribution in [2.75, 3.05) is 0 Å². The second kappa shape index (κ2) is 5.81. The van der Waals surface area contributed by atoms with Gasteiger partial charge in [0.15, 0.2) is 0 Å². The van der Waals surface area contributed by atoms with Crippen molar-refractivity contribution in [1.82, 2.24) is 9.99 Å². The van der Waals surface area contributed by atoms with Crippen LogP contribution in [0, 0.1) is 5.82 Å². The average molecular weight is 295 g/mol. The molecule has 0 saturated carbocycles. The molecule has 0 radical (unpaired) electrons. The molecule has 2 aromatic carbocycles. The Bertz CT molecular complexity index is 850. The van der Waals surface area contributed by atoms with Crippen LogP contribution in [0.15, 0.2) is 59.8 Å². The number of rotatable bonds is 3. The number of amides is 1. The molecule has 3 aromatic rings. The number of carbonyl (C=O) groups excluding carboxylic acids is 1. The highest BCUT2D eigenvalue weighted by molar-refractivity contribution is 6.00. The Morgan fingerprint density at radius 1 is 1.18 bits per heavy atom. The topological polar surface area (TPSA) is 46.4 Å². The van der Waals surface area contributed by atoms with Crippen molar-refractivity contribution in [3.8, 4) is 0 Å². The van der Waals surface area contributed by atoms with Crippen molar-refractivity contribution in [1.29, 1.82) is 0 Å². The Morgan fingerprint density at radius 2 is 1.91 bits per heavy atom. The van der Waals surface area contributed by atoms with E-state index in [0.717, 1.165) is 16.5 Å². The van der Waals surface area contributed by atoms with Crippen LogP contribution in [0.3, 0.4) is 0 Å². The van der Waals surface area contributed by atoms with Crippen LogP contribution in [0.4, 0.5) is 4.39 Å². The molecule has 1 aromatic heterocycles. The van der Waals surface area contributed by atoms with Crippen LogP contribution in [0.5, 0.6) is 0 Å². The van der Waals surface area contributed by atoms with E-state index < -0.39 is 0 Å². The van der Waals surface area contributed by atoms with Gasteiger partial charge in [-0.1, -0.05) is 18.2 Å². The minimum absolute atomic E-state index is 0.358. The van der Waals surface area contributed by atoms with Gasteiger partial charge >= 0.3 is 0 Å². The number of para-hydroxylation sites is 1. The molecule has 1 N–H and O–H groups in total. The van der Waals surface area contributed by atoms with Crippen LogP contribution >= 0.6 is 0 Å². The first-order valence-corrected chi connectivity index (χ1v) is 6.78. The lowest BCUT2D eigenvalue weighted by molar-refractivity contribution is 0.0955. The number of benzene rings is 2. The number of carbonyl (C=O) groups is 1. The van der Waals surface area contributed by atoms with Crippen LogP contribution < -0.4 is 5.43 Å². The molecule has 0 aliphatic heterocycles. The minimum Gasteiger partial charge on any atom is -0.350 e. The molecule has 0 aliphatic rings. The summed E-state index contributed by atoms with van der Waals surface area (Å²) in [5.41, 5.74) is 4.80. The predicted molar refractivity (Wildman–Crippen MR) is 84.4 cm³/mol. The van der Waals surface area contributed by atoms with E-state index in [0.29, 0.717) is 5.56 Å². The van der Waals surface area contributed by atoms with Crippen molar-refractivity contribution < 1.29 is 9.18 Å². The van der Waals surface area contributed by atoms with E-state index in [9.17, 15) is 9.18 Å². The van der Waals surface area contributed by atoms with Crippen LogP contribution in [0.2, 0.25) is 0 Å². The highest BCUT2D eigenvalue weighted by Gasteiger charge is 2.05. The van der Waals surface area contributed by atoms with E-state index in [1.807, 2.05) is 42.1 Å². The van der Waals surface area contributed by atoms with E-state index in [-0.39, 0.29) is 11.7 Å². The zero-order chi connectivity index (χ0) is 15.5. The van der Waals surface area contributed by atoms with Crippen LogP contribution in [-0.4, -0.2) is 16.7 Å². The third-order valence-electron chi connectivity index (χ3n) is 3.40. The van der Waals surface area contributed by atoms with Crippen molar-refractivity contribution in [2.45, 2.75) is 0 Å². The number of nitrogens with zero attached hydrogens (tertiary/aromatic N) is 2. The van der Waals surface area contributed by atoms with E-state index >= 15 is 0 Å². The number of aromatic nitrogens is 1. The molecule has 0 saturated heterocycles. The second-order valence-electron chi connectivity index (χ2n) is 4.92. The first-order valence-electron chi connectivity index (χ1n) is 6.78. The summed E-state index contributed by atoms with van der Waals surface area (Å²) in [5, 5.41) is 5.03. The van der Waals surface area contributed by atoms with Gasteiger partial charge in [0.2, 0.25) is 0 Å². The second-order valence-corrected chi connectivity index (χ2v) is 4.92. The van der Waals surface area contributed by atoms with Gasteiger partial charge in [-0.15, -0.1) is 0 Å². The Labute approximate surface area is 126 Å². The highest BCUT2D eigenvalue weighted by Crippen LogP contribution is 2.18. The Kier molecular flexibility index (Phi) is 3.70. The third-order valence-corrected chi connectivity index (χ3v) is 3.40. The zero-order valence-corrected chi connectivity index (χ0v) is 12.0. The van der Waals surface area contributed by atoms with Crippen LogP contribution in [-0.2, 0) is 7.05 Å². The van der Waals surface area contributed by atoms with E-state index in [4.69, 9.17) is 0 Å². The van der Waals surface area contributed by atoms with Crippen molar-refractivity contribution in [3.05, 3.63) is 71.7 Å². The summed E-state index contributed by atoms with van der Waals surface area (Å²) < 4.78 is 14.8. The summed E-state index contributed by atoms with van der Waals surface area (Å²) in [6, 6.07) is 13.3. The molecular weight excluding hydrogens is 281 g/mol. The van der Waals surface area contributed by atoms with Gasteiger partial charge in [-0.05, 0) is 30.3 Å². The van der Waals surface area contributed by atoms with Gasteiger partial charge in [0, 0.05) is 35.3 Å². The number of fused-ring (bicyclic) bond motifs is 1. The highest BCUT2D eigenvalue weighted by atomic mass is 19.1. The fraction of sp³-hybridized carbons (Fsp3) is 0.0588. The molecule has 4 nitrogen and oxygen atoms in total. The van der Waals surface area contributed by atoms with Crippen molar-refractivity contribution in [2.24, 2.45) is 12.1 Å². The molecule has 3 rings (SSSR count). The van der Waals surface area contributed by atoms with Gasteiger partial charge in [-0.2, -0.15) is 5.10 Å². The zero-order valence-electron chi connectivity index (χ0n) is 12.0. The molecule has 0 spiro atoms. The number of hydrogen-bond acceptors (Lipinski definition) is 2. The first kappa shape index (κ1) is 14.0. The molecule has 0 bridgehead atoms. The molecule has 0 atom stereocenters. The number of hydrogen-bond donors (Lipinski definition) is 1. The van der Waals surface area contributed by atoms with Gasteiger partial charge in [0.1, 0.15) is 5.82 Å². The third kappa shape index (κ3) is 2.74. The standard InChI is InChI=1S/C17H14FN3O/c1-21-11-13(15-4-2-3-5-16(15)21)10-19-20-17(22)12-6-8-14(18)9-7-12/h2-11H,1H3,(H,20,22). The Morgan fingerprint density at radius 3 is 2.68 bits per heavy atom. The fourth-order valence-electron chi connectivity index (χ4n) is 2.30. The maximum Gasteiger partial charge on any atom is 0.271 e.